The van der Waals surface area contributed by atoms with Gasteiger partial charge in [0.05, 0.1) is 6.54 Å². The third-order valence-electron chi connectivity index (χ3n) is 10.1. The molecule has 3 N–H and O–H groups in total. The van der Waals surface area contributed by atoms with Crippen LogP contribution in [-0.2, 0) is 16.1 Å². The first-order valence-electron chi connectivity index (χ1n) is 13.0. The van der Waals surface area contributed by atoms with Crippen molar-refractivity contribution in [2.45, 2.75) is 65.0 Å². The van der Waals surface area contributed by atoms with Crippen LogP contribution < -0.4 is 10.6 Å². The van der Waals surface area contributed by atoms with Crippen LogP contribution in [0.4, 0.5) is 4.39 Å². The third kappa shape index (κ3) is 3.43. The predicted molar refractivity (Wildman–Crippen MR) is 130 cm³/mol. The number of aromatic amines is 1. The van der Waals surface area contributed by atoms with E-state index in [2.05, 4.69) is 39.4 Å². The normalized spacial score (nSPS) is 38.2. The summed E-state index contributed by atoms with van der Waals surface area (Å²) in [6, 6.07) is 3.84. The number of amides is 2. The van der Waals surface area contributed by atoms with Crippen molar-refractivity contribution in [3.05, 3.63) is 35.8 Å². The lowest BCUT2D eigenvalue weighted by atomic mass is 9.47. The second-order valence-electron chi connectivity index (χ2n) is 11.6. The van der Waals surface area contributed by atoms with E-state index in [4.69, 9.17) is 0 Å². The second-order valence-corrected chi connectivity index (χ2v) is 11.6. The number of alkyl halides is 1. The molecule has 0 bridgehead atoms. The summed E-state index contributed by atoms with van der Waals surface area (Å²) >= 11 is 0. The Bertz CT molecular complexity index is 1180. The van der Waals surface area contributed by atoms with Crippen LogP contribution in [0, 0.1) is 34.5 Å². The summed E-state index contributed by atoms with van der Waals surface area (Å²) in [5, 5.41) is 6.25. The van der Waals surface area contributed by atoms with Crippen LogP contribution in [0.3, 0.4) is 0 Å². The van der Waals surface area contributed by atoms with Crippen LogP contribution in [0.15, 0.2) is 30.0 Å². The highest BCUT2D eigenvalue weighted by Crippen LogP contribution is 2.65. The van der Waals surface area contributed by atoms with Crippen molar-refractivity contribution in [3.63, 3.8) is 0 Å². The van der Waals surface area contributed by atoms with Gasteiger partial charge in [0, 0.05) is 29.1 Å². The van der Waals surface area contributed by atoms with Gasteiger partial charge in [-0.25, -0.2) is 14.4 Å². The molecule has 2 aromatic rings. The fourth-order valence-electron chi connectivity index (χ4n) is 8.32. The van der Waals surface area contributed by atoms with Crippen molar-refractivity contribution < 1.29 is 14.0 Å². The number of imidazole rings is 1. The van der Waals surface area contributed by atoms with E-state index in [1.54, 1.807) is 6.20 Å². The van der Waals surface area contributed by atoms with Gasteiger partial charge >= 0.3 is 0 Å². The lowest BCUT2D eigenvalue weighted by molar-refractivity contribution is -0.134. The Balaban J connectivity index is 1.18. The predicted octanol–water partition coefficient (Wildman–Crippen LogP) is 3.83. The largest absolute Gasteiger partial charge is 0.349 e. The average molecular weight is 480 g/mol. The molecule has 35 heavy (non-hydrogen) atoms. The van der Waals surface area contributed by atoms with Crippen LogP contribution >= 0.6 is 0 Å². The Morgan fingerprint density at radius 3 is 2.86 bits per heavy atom. The first kappa shape index (κ1) is 22.7. The number of halogens is 1. The quantitative estimate of drug-likeness (QED) is 0.621. The molecule has 0 aromatic carbocycles. The van der Waals surface area contributed by atoms with Crippen molar-refractivity contribution in [1.29, 1.82) is 0 Å². The summed E-state index contributed by atoms with van der Waals surface area (Å²) in [6.45, 7) is 4.19. The number of hydrogen-bond donors (Lipinski definition) is 3. The van der Waals surface area contributed by atoms with E-state index >= 15 is 0 Å². The van der Waals surface area contributed by atoms with Crippen molar-refractivity contribution in [1.82, 2.24) is 25.6 Å². The minimum absolute atomic E-state index is 0.00973. The summed E-state index contributed by atoms with van der Waals surface area (Å²) in [7, 11) is 0. The van der Waals surface area contributed by atoms with Crippen molar-refractivity contribution in [3.8, 4) is 0 Å². The van der Waals surface area contributed by atoms with Crippen LogP contribution in [0.5, 0.6) is 0 Å². The highest BCUT2D eigenvalue weighted by molar-refractivity contribution is 5.95. The molecule has 3 fully saturated rings. The van der Waals surface area contributed by atoms with E-state index in [0.29, 0.717) is 24.3 Å². The van der Waals surface area contributed by atoms with Gasteiger partial charge in [-0.15, -0.1) is 0 Å². The van der Waals surface area contributed by atoms with Crippen LogP contribution in [0.1, 0.15) is 58.2 Å². The standard InChI is InChI=1S/C27H34FN5O2/c1-26-10-9-18-16(5-8-21-27(18,2)12-15(13-28)24(34)32-21)17(26)6-7-19(26)25(35)30-14-22-31-20-4-3-11-29-23(20)33-22/h3-4,11-12,16-19,21H,5-10,13-14H2,1-2H3,(H,30,35)(H,32,34)(H,29,31,33)/t16-,17-,18+,19?,21?,26-,27+/m0/s1. The first-order valence-corrected chi connectivity index (χ1v) is 13.0. The van der Waals surface area contributed by atoms with E-state index < -0.39 is 6.67 Å². The Hall–Kier alpha value is -2.77. The molecule has 7 nitrogen and oxygen atoms in total. The maximum absolute atomic E-state index is 13.6. The van der Waals surface area contributed by atoms with Gasteiger partial charge in [-0.3, -0.25) is 9.59 Å². The van der Waals surface area contributed by atoms with Gasteiger partial charge in [-0.05, 0) is 73.8 Å². The molecule has 0 spiro atoms. The monoisotopic (exact) mass is 479 g/mol. The van der Waals surface area contributed by atoms with E-state index in [0.717, 1.165) is 55.5 Å². The molecule has 3 aliphatic carbocycles. The van der Waals surface area contributed by atoms with E-state index in [9.17, 15) is 14.0 Å². The molecule has 6 rings (SSSR count). The molecule has 2 aromatic heterocycles. The van der Waals surface area contributed by atoms with E-state index in [-0.39, 0.29) is 40.2 Å². The van der Waals surface area contributed by atoms with Gasteiger partial charge in [-0.1, -0.05) is 19.9 Å². The number of nitrogens with one attached hydrogen (secondary N) is 3. The minimum Gasteiger partial charge on any atom is -0.349 e. The number of fused-ring (bicyclic) bond motifs is 6. The Kier molecular flexibility index (Phi) is 5.27. The third-order valence-corrected chi connectivity index (χ3v) is 10.1. The number of aromatic nitrogens is 3. The number of nitrogens with zero attached hydrogens (tertiary/aromatic N) is 2. The smallest absolute Gasteiger partial charge is 0.249 e. The molecule has 8 heteroatoms. The van der Waals surface area contributed by atoms with E-state index in [1.165, 1.54) is 0 Å². The topological polar surface area (TPSA) is 99.8 Å². The maximum atomic E-state index is 13.6. The lowest BCUT2D eigenvalue weighted by Gasteiger charge is -2.59. The van der Waals surface area contributed by atoms with Gasteiger partial charge in [0.25, 0.3) is 0 Å². The van der Waals surface area contributed by atoms with Crippen molar-refractivity contribution >= 4 is 23.0 Å². The Labute approximate surface area is 204 Å². The average Bonchev–Trinajstić information content (AvgIpc) is 3.43. The number of pyridine rings is 1. The zero-order valence-electron chi connectivity index (χ0n) is 20.4. The molecular weight excluding hydrogens is 445 g/mol. The first-order chi connectivity index (χ1) is 16.8. The molecule has 3 heterocycles. The zero-order chi connectivity index (χ0) is 24.4. The number of carbonyl (C=O) groups excluding carboxylic acids is 2. The molecule has 4 aliphatic rings. The molecule has 0 saturated heterocycles. The summed E-state index contributed by atoms with van der Waals surface area (Å²) in [5.41, 5.74) is 1.57. The molecule has 2 unspecified atom stereocenters. The molecule has 7 atom stereocenters. The van der Waals surface area contributed by atoms with E-state index in [1.807, 2.05) is 18.2 Å². The second kappa shape index (κ2) is 8.14. The van der Waals surface area contributed by atoms with Crippen LogP contribution in [0.25, 0.3) is 11.2 Å². The molecule has 186 valence electrons. The summed E-state index contributed by atoms with van der Waals surface area (Å²) in [4.78, 5) is 37.7. The zero-order valence-corrected chi connectivity index (χ0v) is 20.4. The number of rotatable bonds is 4. The van der Waals surface area contributed by atoms with Crippen molar-refractivity contribution in [2.75, 3.05) is 6.67 Å². The van der Waals surface area contributed by atoms with Gasteiger partial charge in [0.2, 0.25) is 11.8 Å². The fraction of sp³-hybridized carbons (Fsp3) is 0.630. The van der Waals surface area contributed by atoms with Gasteiger partial charge < -0.3 is 15.6 Å². The van der Waals surface area contributed by atoms with Gasteiger partial charge in [0.1, 0.15) is 18.0 Å². The maximum Gasteiger partial charge on any atom is 0.249 e. The lowest BCUT2D eigenvalue weighted by Crippen LogP contribution is -2.60. The molecule has 2 amide bonds. The number of H-pyrrole nitrogens is 1. The molecule has 1 aliphatic heterocycles. The summed E-state index contributed by atoms with van der Waals surface area (Å²) < 4.78 is 13.6. The molecule has 3 saturated carbocycles. The van der Waals surface area contributed by atoms with Crippen molar-refractivity contribution in [2.24, 2.45) is 34.5 Å². The number of hydrogen-bond acceptors (Lipinski definition) is 4. The van der Waals surface area contributed by atoms with Crippen LogP contribution in [0.2, 0.25) is 0 Å². The van der Waals surface area contributed by atoms with Gasteiger partial charge in [-0.2, -0.15) is 0 Å². The minimum atomic E-state index is -0.712. The summed E-state index contributed by atoms with van der Waals surface area (Å²) in [5.74, 6) is 1.97. The molecule has 0 radical (unpaired) electrons. The SMILES string of the molecule is C[C@]12C=C(CF)C(=O)NC1CC[C@@H]1[C@H]2CC[C@]2(C)C(C(=O)NCc3nc4cccnc4[nH]3)CC[C@@H]12. The number of carbonyl (C=O) groups is 2. The fourth-order valence-corrected chi connectivity index (χ4v) is 8.32. The Morgan fingerprint density at radius 1 is 1.20 bits per heavy atom. The van der Waals surface area contributed by atoms with Gasteiger partial charge in [0.15, 0.2) is 5.65 Å². The highest BCUT2D eigenvalue weighted by Gasteiger charge is 2.61. The Morgan fingerprint density at radius 2 is 2.06 bits per heavy atom. The highest BCUT2D eigenvalue weighted by atomic mass is 19.1. The van der Waals surface area contributed by atoms with Crippen LogP contribution in [-0.4, -0.2) is 39.5 Å². The summed E-state index contributed by atoms with van der Waals surface area (Å²) in [6.07, 6.45) is 9.61. The molecular formula is C27H34FN5O2.